The van der Waals surface area contributed by atoms with E-state index in [0.29, 0.717) is 12.5 Å². The van der Waals surface area contributed by atoms with Crippen LogP contribution in [0.3, 0.4) is 0 Å². The quantitative estimate of drug-likeness (QED) is 0.826. The number of nitrogens with zero attached hydrogens (tertiary/aromatic N) is 1. The third-order valence-corrected chi connectivity index (χ3v) is 5.44. The third kappa shape index (κ3) is 2.29. The van der Waals surface area contributed by atoms with Gasteiger partial charge in [0.2, 0.25) is 5.91 Å². The van der Waals surface area contributed by atoms with E-state index in [1.807, 2.05) is 14.1 Å². The largest absolute Gasteiger partial charge is 0.349 e. The standard InChI is InChI=1S/C15H26N2O/c1-17(2)14(18)3-4-16-15-12-6-10-5-11(8-12)9-13(15)7-10/h10-13,15-16H,3-9H2,1-2H3. The predicted molar refractivity (Wildman–Crippen MR) is 72.1 cm³/mol. The van der Waals surface area contributed by atoms with Gasteiger partial charge in [-0.05, 0) is 55.8 Å². The van der Waals surface area contributed by atoms with Crippen molar-refractivity contribution in [2.45, 2.75) is 44.6 Å². The lowest BCUT2D eigenvalue weighted by atomic mass is 9.54. The first-order valence-electron chi connectivity index (χ1n) is 7.57. The molecule has 4 aliphatic carbocycles. The summed E-state index contributed by atoms with van der Waals surface area (Å²) in [4.78, 5) is 13.3. The van der Waals surface area contributed by atoms with Crippen LogP contribution >= 0.6 is 0 Å². The van der Waals surface area contributed by atoms with Gasteiger partial charge in [0.1, 0.15) is 0 Å². The summed E-state index contributed by atoms with van der Waals surface area (Å²) in [6.45, 7) is 0.865. The minimum absolute atomic E-state index is 0.242. The van der Waals surface area contributed by atoms with Crippen LogP contribution in [0.25, 0.3) is 0 Å². The lowest BCUT2D eigenvalue weighted by Crippen LogP contribution is -2.54. The van der Waals surface area contributed by atoms with E-state index in [1.165, 1.54) is 32.1 Å². The first kappa shape index (κ1) is 12.5. The van der Waals surface area contributed by atoms with Gasteiger partial charge in [0.25, 0.3) is 0 Å². The van der Waals surface area contributed by atoms with Crippen molar-refractivity contribution in [2.24, 2.45) is 23.7 Å². The molecule has 0 aromatic rings. The van der Waals surface area contributed by atoms with Crippen LogP contribution in [0.5, 0.6) is 0 Å². The van der Waals surface area contributed by atoms with E-state index in [1.54, 1.807) is 4.90 Å². The molecule has 3 nitrogen and oxygen atoms in total. The summed E-state index contributed by atoms with van der Waals surface area (Å²) in [6, 6.07) is 0.716. The highest BCUT2D eigenvalue weighted by molar-refractivity contribution is 5.75. The fourth-order valence-electron chi connectivity index (χ4n) is 4.83. The van der Waals surface area contributed by atoms with Gasteiger partial charge < -0.3 is 10.2 Å². The third-order valence-electron chi connectivity index (χ3n) is 5.44. The first-order chi connectivity index (χ1) is 8.63. The van der Waals surface area contributed by atoms with Gasteiger partial charge in [-0.1, -0.05) is 0 Å². The molecular formula is C15H26N2O. The van der Waals surface area contributed by atoms with Crippen LogP contribution in [0, 0.1) is 23.7 Å². The van der Waals surface area contributed by atoms with E-state index in [0.717, 1.165) is 30.2 Å². The number of carbonyl (C=O) groups excluding carboxylic acids is 1. The maximum Gasteiger partial charge on any atom is 0.223 e. The molecule has 1 N–H and O–H groups in total. The van der Waals surface area contributed by atoms with Crippen molar-refractivity contribution in [1.82, 2.24) is 10.2 Å². The number of hydrogen-bond donors (Lipinski definition) is 1. The molecule has 4 aliphatic rings. The predicted octanol–water partition coefficient (Wildman–Crippen LogP) is 1.88. The van der Waals surface area contributed by atoms with Crippen molar-refractivity contribution in [2.75, 3.05) is 20.6 Å². The topological polar surface area (TPSA) is 32.3 Å². The normalized spacial score (nSPS) is 41.1. The average molecular weight is 250 g/mol. The number of hydrogen-bond acceptors (Lipinski definition) is 2. The molecular weight excluding hydrogens is 224 g/mol. The number of rotatable bonds is 4. The van der Waals surface area contributed by atoms with Crippen molar-refractivity contribution in [3.05, 3.63) is 0 Å². The Labute approximate surface area is 110 Å². The van der Waals surface area contributed by atoms with Gasteiger partial charge in [0.05, 0.1) is 0 Å². The summed E-state index contributed by atoms with van der Waals surface area (Å²) in [5.74, 6) is 4.14. The van der Waals surface area contributed by atoms with Gasteiger partial charge in [-0.3, -0.25) is 4.79 Å². The minimum atomic E-state index is 0.242. The molecule has 4 bridgehead atoms. The summed E-state index contributed by atoms with van der Waals surface area (Å²) in [6.07, 6.45) is 7.96. The zero-order chi connectivity index (χ0) is 12.7. The molecule has 0 unspecified atom stereocenters. The molecule has 4 rings (SSSR count). The van der Waals surface area contributed by atoms with Gasteiger partial charge in [-0.25, -0.2) is 0 Å². The second-order valence-corrected chi connectivity index (χ2v) is 6.95. The smallest absolute Gasteiger partial charge is 0.223 e. The van der Waals surface area contributed by atoms with E-state index in [-0.39, 0.29) is 5.91 Å². The number of nitrogens with one attached hydrogen (secondary N) is 1. The molecule has 0 saturated heterocycles. The Morgan fingerprint density at radius 3 is 2.11 bits per heavy atom. The van der Waals surface area contributed by atoms with E-state index in [4.69, 9.17) is 0 Å². The molecule has 0 aliphatic heterocycles. The summed E-state index contributed by atoms with van der Waals surface area (Å²) in [7, 11) is 3.68. The molecule has 0 aromatic heterocycles. The highest BCUT2D eigenvalue weighted by Crippen LogP contribution is 2.53. The molecule has 102 valence electrons. The van der Waals surface area contributed by atoms with Crippen LogP contribution in [-0.2, 0) is 4.79 Å². The van der Waals surface area contributed by atoms with Gasteiger partial charge in [-0.15, -0.1) is 0 Å². The van der Waals surface area contributed by atoms with Crippen LogP contribution in [-0.4, -0.2) is 37.5 Å². The lowest BCUT2D eigenvalue weighted by molar-refractivity contribution is -0.128. The molecule has 0 atom stereocenters. The Balaban J connectivity index is 1.50. The zero-order valence-electron chi connectivity index (χ0n) is 11.7. The molecule has 4 saturated carbocycles. The Bertz CT molecular complexity index is 298. The van der Waals surface area contributed by atoms with Crippen LogP contribution in [0.4, 0.5) is 0 Å². The zero-order valence-corrected chi connectivity index (χ0v) is 11.7. The summed E-state index contributed by atoms with van der Waals surface area (Å²) < 4.78 is 0. The molecule has 3 heteroatoms. The highest BCUT2D eigenvalue weighted by Gasteiger charge is 2.47. The lowest BCUT2D eigenvalue weighted by Gasteiger charge is -2.54. The summed E-state index contributed by atoms with van der Waals surface area (Å²) >= 11 is 0. The Kier molecular flexibility index (Phi) is 3.35. The molecule has 0 heterocycles. The minimum Gasteiger partial charge on any atom is -0.349 e. The number of amides is 1. The van der Waals surface area contributed by atoms with E-state index in [9.17, 15) is 4.79 Å². The van der Waals surface area contributed by atoms with Gasteiger partial charge in [0.15, 0.2) is 0 Å². The molecule has 0 radical (unpaired) electrons. The summed E-state index contributed by atoms with van der Waals surface area (Å²) in [5, 5.41) is 3.70. The van der Waals surface area contributed by atoms with Crippen LogP contribution < -0.4 is 5.32 Å². The van der Waals surface area contributed by atoms with Crippen molar-refractivity contribution >= 4 is 5.91 Å². The van der Waals surface area contributed by atoms with Gasteiger partial charge in [-0.2, -0.15) is 0 Å². The second kappa shape index (κ2) is 4.84. The fraction of sp³-hybridized carbons (Fsp3) is 0.933. The Morgan fingerprint density at radius 2 is 1.61 bits per heavy atom. The van der Waals surface area contributed by atoms with E-state index in [2.05, 4.69) is 5.32 Å². The molecule has 4 fully saturated rings. The highest BCUT2D eigenvalue weighted by atomic mass is 16.2. The van der Waals surface area contributed by atoms with E-state index >= 15 is 0 Å². The summed E-state index contributed by atoms with van der Waals surface area (Å²) in [5.41, 5.74) is 0. The van der Waals surface area contributed by atoms with Crippen LogP contribution in [0.15, 0.2) is 0 Å². The van der Waals surface area contributed by atoms with Crippen molar-refractivity contribution in [3.63, 3.8) is 0 Å². The van der Waals surface area contributed by atoms with E-state index < -0.39 is 0 Å². The van der Waals surface area contributed by atoms with Gasteiger partial charge in [0, 0.05) is 33.1 Å². The Morgan fingerprint density at radius 1 is 1.06 bits per heavy atom. The Hall–Kier alpha value is -0.570. The van der Waals surface area contributed by atoms with Crippen molar-refractivity contribution in [1.29, 1.82) is 0 Å². The first-order valence-corrected chi connectivity index (χ1v) is 7.57. The van der Waals surface area contributed by atoms with Crippen molar-refractivity contribution in [3.8, 4) is 0 Å². The molecule has 1 amide bonds. The second-order valence-electron chi connectivity index (χ2n) is 6.95. The molecule has 0 spiro atoms. The SMILES string of the molecule is CN(C)C(=O)CCNC1C2CC3CC(C2)CC1C3. The maximum atomic E-state index is 11.6. The van der Waals surface area contributed by atoms with Crippen LogP contribution in [0.2, 0.25) is 0 Å². The van der Waals surface area contributed by atoms with Gasteiger partial charge >= 0.3 is 0 Å². The monoisotopic (exact) mass is 250 g/mol. The number of carbonyl (C=O) groups is 1. The molecule has 0 aromatic carbocycles. The maximum absolute atomic E-state index is 11.6. The van der Waals surface area contributed by atoms with Crippen molar-refractivity contribution < 1.29 is 4.79 Å². The fourth-order valence-corrected chi connectivity index (χ4v) is 4.83. The average Bonchev–Trinajstić information content (AvgIpc) is 2.31. The molecule has 18 heavy (non-hydrogen) atoms. The van der Waals surface area contributed by atoms with Crippen LogP contribution in [0.1, 0.15) is 38.5 Å².